The first-order valence-corrected chi connectivity index (χ1v) is 6.28. The summed E-state index contributed by atoms with van der Waals surface area (Å²) in [5.74, 6) is 0.684. The molecule has 0 aliphatic rings. The number of rotatable bonds is 5. The van der Waals surface area contributed by atoms with Crippen LogP contribution in [0.15, 0.2) is 24.3 Å². The maximum absolute atomic E-state index is 12.1. The fourth-order valence-electron chi connectivity index (χ4n) is 1.70. The van der Waals surface area contributed by atoms with E-state index >= 15 is 0 Å². The van der Waals surface area contributed by atoms with Crippen molar-refractivity contribution in [3.8, 4) is 5.75 Å². The molecule has 1 aromatic rings. The lowest BCUT2D eigenvalue weighted by Gasteiger charge is -2.28. The number of nitrogens with one attached hydrogen (secondary N) is 1. The molecule has 0 fully saturated rings. The Kier molecular flexibility index (Phi) is 5.18. The number of ether oxygens (including phenoxy) is 1. The summed E-state index contributed by atoms with van der Waals surface area (Å²) in [5, 5.41) is 12.6. The number of carbonyl (C=O) groups is 1. The van der Waals surface area contributed by atoms with Crippen LogP contribution < -0.4 is 10.1 Å². The van der Waals surface area contributed by atoms with E-state index in [0.717, 1.165) is 0 Å². The second-order valence-electron chi connectivity index (χ2n) is 4.99. The van der Waals surface area contributed by atoms with E-state index in [0.29, 0.717) is 18.0 Å². The molecule has 0 bridgehead atoms. The van der Waals surface area contributed by atoms with Gasteiger partial charge in [-0.2, -0.15) is 0 Å². The number of likely N-dealkylation sites (N-methyl/N-ethyl adjacent to an activating group) is 1. The topological polar surface area (TPSA) is 61.8 Å². The maximum Gasteiger partial charge on any atom is 0.321 e. The second kappa shape index (κ2) is 6.43. The first-order valence-electron chi connectivity index (χ1n) is 6.28. The predicted molar refractivity (Wildman–Crippen MR) is 75.6 cm³/mol. The number of aliphatic hydroxyl groups is 1. The summed E-state index contributed by atoms with van der Waals surface area (Å²) >= 11 is 0. The molecule has 1 rings (SSSR count). The molecule has 5 nitrogen and oxygen atoms in total. The number of methoxy groups -OCH3 is 1. The number of hydrogen-bond donors (Lipinski definition) is 2. The SMILES string of the molecule is CCN(CC(C)(C)O)C(=O)Nc1cccc(OC)c1. The van der Waals surface area contributed by atoms with Crippen molar-refractivity contribution in [2.24, 2.45) is 0 Å². The van der Waals surface area contributed by atoms with Gasteiger partial charge in [0.25, 0.3) is 0 Å². The molecule has 0 aliphatic carbocycles. The summed E-state index contributed by atoms with van der Waals surface area (Å²) in [4.78, 5) is 13.6. The number of anilines is 1. The highest BCUT2D eigenvalue weighted by Crippen LogP contribution is 2.17. The molecular weight excluding hydrogens is 244 g/mol. The molecule has 106 valence electrons. The van der Waals surface area contributed by atoms with Gasteiger partial charge < -0.3 is 20.1 Å². The molecule has 0 unspecified atom stereocenters. The Morgan fingerprint density at radius 1 is 1.47 bits per heavy atom. The molecule has 0 saturated heterocycles. The molecule has 1 aromatic carbocycles. The van der Waals surface area contributed by atoms with E-state index in [1.165, 1.54) is 0 Å². The Balaban J connectivity index is 2.71. The first kappa shape index (κ1) is 15.3. The molecule has 19 heavy (non-hydrogen) atoms. The van der Waals surface area contributed by atoms with Gasteiger partial charge in [-0.15, -0.1) is 0 Å². The van der Waals surface area contributed by atoms with Crippen LogP contribution in [-0.2, 0) is 0 Å². The van der Waals surface area contributed by atoms with Crippen LogP contribution in [0.25, 0.3) is 0 Å². The predicted octanol–water partition coefficient (Wildman–Crippen LogP) is 2.32. The Bertz CT molecular complexity index is 427. The van der Waals surface area contributed by atoms with Crippen molar-refractivity contribution in [3.05, 3.63) is 24.3 Å². The van der Waals surface area contributed by atoms with Crippen molar-refractivity contribution < 1.29 is 14.6 Å². The largest absolute Gasteiger partial charge is 0.497 e. The van der Waals surface area contributed by atoms with E-state index in [-0.39, 0.29) is 12.6 Å². The van der Waals surface area contributed by atoms with E-state index in [1.807, 2.05) is 13.0 Å². The molecule has 0 spiro atoms. The minimum atomic E-state index is -0.915. The molecule has 0 aromatic heterocycles. The number of nitrogens with zero attached hydrogens (tertiary/aromatic N) is 1. The summed E-state index contributed by atoms with van der Waals surface area (Å²) in [6.07, 6.45) is 0. The number of hydrogen-bond acceptors (Lipinski definition) is 3. The number of amides is 2. The van der Waals surface area contributed by atoms with Gasteiger partial charge in [-0.25, -0.2) is 4.79 Å². The Labute approximate surface area is 114 Å². The quantitative estimate of drug-likeness (QED) is 0.859. The van der Waals surface area contributed by atoms with Gasteiger partial charge in [0.15, 0.2) is 0 Å². The highest BCUT2D eigenvalue weighted by molar-refractivity contribution is 5.89. The van der Waals surface area contributed by atoms with Crippen molar-refractivity contribution in [2.75, 3.05) is 25.5 Å². The van der Waals surface area contributed by atoms with Gasteiger partial charge >= 0.3 is 6.03 Å². The highest BCUT2D eigenvalue weighted by atomic mass is 16.5. The Hall–Kier alpha value is -1.75. The highest BCUT2D eigenvalue weighted by Gasteiger charge is 2.21. The van der Waals surface area contributed by atoms with Crippen LogP contribution in [0.5, 0.6) is 5.75 Å². The van der Waals surface area contributed by atoms with Crippen LogP contribution in [-0.4, -0.2) is 41.8 Å². The van der Waals surface area contributed by atoms with Crippen LogP contribution >= 0.6 is 0 Å². The van der Waals surface area contributed by atoms with Crippen molar-refractivity contribution in [3.63, 3.8) is 0 Å². The molecule has 0 radical (unpaired) electrons. The van der Waals surface area contributed by atoms with Gasteiger partial charge in [0.05, 0.1) is 19.3 Å². The zero-order chi connectivity index (χ0) is 14.5. The zero-order valence-corrected chi connectivity index (χ0v) is 11.9. The Morgan fingerprint density at radius 3 is 2.68 bits per heavy atom. The number of urea groups is 1. The number of carbonyl (C=O) groups excluding carboxylic acids is 1. The van der Waals surface area contributed by atoms with Crippen molar-refractivity contribution >= 4 is 11.7 Å². The van der Waals surface area contributed by atoms with Crippen LogP contribution in [0, 0.1) is 0 Å². The van der Waals surface area contributed by atoms with Gasteiger partial charge in [0, 0.05) is 18.3 Å². The van der Waals surface area contributed by atoms with Gasteiger partial charge in [0.1, 0.15) is 5.75 Å². The summed E-state index contributed by atoms with van der Waals surface area (Å²) in [7, 11) is 1.58. The Morgan fingerprint density at radius 2 is 2.16 bits per heavy atom. The summed E-state index contributed by atoms with van der Waals surface area (Å²) in [6, 6.07) is 6.91. The third-order valence-electron chi connectivity index (χ3n) is 2.57. The molecular formula is C14H22N2O3. The monoisotopic (exact) mass is 266 g/mol. The van der Waals surface area contributed by atoms with E-state index in [2.05, 4.69) is 5.32 Å². The van der Waals surface area contributed by atoms with Crippen molar-refractivity contribution in [1.82, 2.24) is 4.90 Å². The maximum atomic E-state index is 12.1. The average Bonchev–Trinajstić information content (AvgIpc) is 2.35. The van der Waals surface area contributed by atoms with E-state index in [9.17, 15) is 9.90 Å². The third-order valence-corrected chi connectivity index (χ3v) is 2.57. The zero-order valence-electron chi connectivity index (χ0n) is 11.9. The van der Waals surface area contributed by atoms with E-state index in [4.69, 9.17) is 4.74 Å². The third kappa shape index (κ3) is 5.18. The summed E-state index contributed by atoms with van der Waals surface area (Å²) in [5.41, 5.74) is -0.250. The molecule has 0 aliphatic heterocycles. The molecule has 2 amide bonds. The van der Waals surface area contributed by atoms with E-state index < -0.39 is 5.60 Å². The minimum Gasteiger partial charge on any atom is -0.497 e. The lowest BCUT2D eigenvalue weighted by Crippen LogP contribution is -2.44. The van der Waals surface area contributed by atoms with Gasteiger partial charge in [0.2, 0.25) is 0 Å². The molecule has 0 heterocycles. The summed E-state index contributed by atoms with van der Waals surface area (Å²) in [6.45, 7) is 6.03. The second-order valence-corrected chi connectivity index (χ2v) is 4.99. The van der Waals surface area contributed by atoms with E-state index in [1.54, 1.807) is 44.1 Å². The van der Waals surface area contributed by atoms with Gasteiger partial charge in [-0.05, 0) is 32.9 Å². The minimum absolute atomic E-state index is 0.238. The van der Waals surface area contributed by atoms with Crippen LogP contribution in [0.3, 0.4) is 0 Å². The van der Waals surface area contributed by atoms with Crippen LogP contribution in [0.2, 0.25) is 0 Å². The lowest BCUT2D eigenvalue weighted by atomic mass is 10.1. The van der Waals surface area contributed by atoms with Gasteiger partial charge in [-0.3, -0.25) is 0 Å². The van der Waals surface area contributed by atoms with Crippen molar-refractivity contribution in [2.45, 2.75) is 26.4 Å². The van der Waals surface area contributed by atoms with Gasteiger partial charge in [-0.1, -0.05) is 6.07 Å². The normalized spacial score (nSPS) is 11.0. The average molecular weight is 266 g/mol. The smallest absolute Gasteiger partial charge is 0.321 e. The fourth-order valence-corrected chi connectivity index (χ4v) is 1.70. The summed E-state index contributed by atoms with van der Waals surface area (Å²) < 4.78 is 5.10. The number of benzene rings is 1. The van der Waals surface area contributed by atoms with Crippen LogP contribution in [0.1, 0.15) is 20.8 Å². The molecule has 2 N–H and O–H groups in total. The fraction of sp³-hybridized carbons (Fsp3) is 0.500. The molecule has 0 atom stereocenters. The lowest BCUT2D eigenvalue weighted by molar-refractivity contribution is 0.0501. The molecule has 0 saturated carbocycles. The van der Waals surface area contributed by atoms with Crippen molar-refractivity contribution in [1.29, 1.82) is 0 Å². The van der Waals surface area contributed by atoms with Crippen LogP contribution in [0.4, 0.5) is 10.5 Å². The molecule has 5 heteroatoms. The standard InChI is InChI=1S/C14H22N2O3/c1-5-16(10-14(2,3)18)13(17)15-11-7-6-8-12(9-11)19-4/h6-9,18H,5,10H2,1-4H3,(H,15,17). The first-order chi connectivity index (χ1) is 8.85.